The molecule has 1 aliphatic rings. The average Bonchev–Trinajstić information content (AvgIpc) is 3.13. The number of ether oxygens (including phenoxy) is 1. The molecular weight excluding hydrogens is 426 g/mol. The van der Waals surface area contributed by atoms with E-state index in [0.717, 1.165) is 41.4 Å². The molecule has 34 heavy (non-hydrogen) atoms. The predicted octanol–water partition coefficient (Wildman–Crippen LogP) is 5.36. The van der Waals surface area contributed by atoms with E-state index in [1.807, 2.05) is 13.0 Å². The van der Waals surface area contributed by atoms with E-state index >= 15 is 0 Å². The lowest BCUT2D eigenvalue weighted by atomic mass is 9.98. The lowest BCUT2D eigenvalue weighted by Crippen LogP contribution is -2.31. The molecule has 0 unspecified atom stereocenters. The Balaban J connectivity index is 1.93. The second-order valence-electron chi connectivity index (χ2n) is 9.40. The molecule has 0 atom stereocenters. The van der Waals surface area contributed by atoms with Crippen molar-refractivity contribution in [2.45, 2.75) is 73.3 Å². The van der Waals surface area contributed by atoms with Gasteiger partial charge < -0.3 is 19.9 Å². The quantitative estimate of drug-likeness (QED) is 0.463. The highest BCUT2D eigenvalue weighted by Crippen LogP contribution is 2.30. The van der Waals surface area contributed by atoms with Crippen molar-refractivity contribution in [2.75, 3.05) is 19.7 Å². The number of dihydropyridines is 1. The number of aryl methyl sites for hydroxylation is 2. The molecule has 0 bridgehead atoms. The molecule has 6 nitrogen and oxygen atoms in total. The summed E-state index contributed by atoms with van der Waals surface area (Å²) >= 11 is 0. The zero-order chi connectivity index (χ0) is 24.8. The van der Waals surface area contributed by atoms with Crippen LogP contribution in [-0.4, -0.2) is 36.1 Å². The Morgan fingerprint density at radius 2 is 1.94 bits per heavy atom. The van der Waals surface area contributed by atoms with Crippen molar-refractivity contribution in [3.05, 3.63) is 57.9 Å². The highest BCUT2D eigenvalue weighted by molar-refractivity contribution is 6.08. The first-order valence-corrected chi connectivity index (χ1v) is 12.5. The van der Waals surface area contributed by atoms with Crippen molar-refractivity contribution < 1.29 is 14.3 Å². The van der Waals surface area contributed by atoms with Crippen LogP contribution in [0.15, 0.2) is 41.2 Å². The van der Waals surface area contributed by atoms with Gasteiger partial charge in [0.2, 0.25) is 0 Å². The summed E-state index contributed by atoms with van der Waals surface area (Å²) in [5.74, 6) is -0.297. The topological polar surface area (TPSA) is 72.4 Å². The van der Waals surface area contributed by atoms with Gasteiger partial charge in [-0.25, -0.2) is 0 Å². The van der Waals surface area contributed by atoms with Gasteiger partial charge in [-0.3, -0.25) is 9.59 Å². The highest BCUT2D eigenvalue weighted by atomic mass is 16.5. The Kier molecular flexibility index (Phi) is 8.59. The number of nitrogens with zero attached hydrogens (tertiary/aromatic N) is 1. The molecule has 6 heteroatoms. The van der Waals surface area contributed by atoms with Gasteiger partial charge >= 0.3 is 5.97 Å². The third kappa shape index (κ3) is 5.91. The Labute approximate surface area is 203 Å². The number of carbonyl (C=O) groups excluding carboxylic acids is 2. The van der Waals surface area contributed by atoms with Gasteiger partial charge in [0.1, 0.15) is 0 Å². The molecule has 0 aliphatic carbocycles. The lowest BCUT2D eigenvalue weighted by molar-refractivity contribution is -0.143. The number of esters is 1. The molecule has 184 valence electrons. The van der Waals surface area contributed by atoms with E-state index in [1.54, 1.807) is 0 Å². The van der Waals surface area contributed by atoms with Crippen LogP contribution in [0.25, 0.3) is 10.9 Å². The van der Waals surface area contributed by atoms with Crippen molar-refractivity contribution in [1.82, 2.24) is 15.2 Å². The van der Waals surface area contributed by atoms with Gasteiger partial charge in [-0.15, -0.1) is 0 Å². The first kappa shape index (κ1) is 25.6. The van der Waals surface area contributed by atoms with E-state index in [2.05, 4.69) is 68.2 Å². The summed E-state index contributed by atoms with van der Waals surface area (Å²) in [6.45, 7) is 14.0. The predicted molar refractivity (Wildman–Crippen MR) is 138 cm³/mol. The molecule has 1 aromatic carbocycles. The molecule has 0 saturated heterocycles. The van der Waals surface area contributed by atoms with Crippen LogP contribution >= 0.6 is 0 Å². The molecule has 0 radical (unpaired) electrons. The number of carbonyl (C=O) groups is 2. The van der Waals surface area contributed by atoms with Crippen LogP contribution < -0.4 is 10.6 Å². The van der Waals surface area contributed by atoms with E-state index < -0.39 is 0 Å². The number of rotatable bonds is 10. The summed E-state index contributed by atoms with van der Waals surface area (Å²) in [6, 6.07) is 4.32. The van der Waals surface area contributed by atoms with Crippen LogP contribution in [0.3, 0.4) is 0 Å². The van der Waals surface area contributed by atoms with Gasteiger partial charge in [0, 0.05) is 53.9 Å². The van der Waals surface area contributed by atoms with Crippen LogP contribution in [0.4, 0.5) is 0 Å². The zero-order valence-electron chi connectivity index (χ0n) is 21.5. The van der Waals surface area contributed by atoms with E-state index in [1.165, 1.54) is 16.8 Å². The van der Waals surface area contributed by atoms with Gasteiger partial charge in [0.15, 0.2) is 0 Å². The number of amides is 1. The first-order valence-electron chi connectivity index (χ1n) is 12.5. The number of nitrogens with one attached hydrogen (secondary N) is 2. The molecular formula is C28H39N3O3. The zero-order valence-corrected chi connectivity index (χ0v) is 21.5. The molecule has 0 fully saturated rings. The largest absolute Gasteiger partial charge is 0.466 e. The summed E-state index contributed by atoms with van der Waals surface area (Å²) in [6.07, 6.45) is 7.22. The summed E-state index contributed by atoms with van der Waals surface area (Å²) < 4.78 is 7.30. The van der Waals surface area contributed by atoms with Gasteiger partial charge in [-0.2, -0.15) is 0 Å². The van der Waals surface area contributed by atoms with Crippen LogP contribution in [0.2, 0.25) is 0 Å². The number of aromatic nitrogens is 1. The van der Waals surface area contributed by atoms with Crippen molar-refractivity contribution in [1.29, 1.82) is 0 Å². The van der Waals surface area contributed by atoms with E-state index in [0.29, 0.717) is 31.6 Å². The maximum Gasteiger partial charge on any atom is 0.306 e. The number of hydrogen-bond donors (Lipinski definition) is 2. The minimum absolute atomic E-state index is 0.0813. The van der Waals surface area contributed by atoms with E-state index in [9.17, 15) is 9.59 Å². The van der Waals surface area contributed by atoms with Gasteiger partial charge in [0.05, 0.1) is 6.61 Å². The smallest absolute Gasteiger partial charge is 0.306 e. The van der Waals surface area contributed by atoms with Crippen LogP contribution in [-0.2, 0) is 16.0 Å². The van der Waals surface area contributed by atoms with Crippen LogP contribution in [0, 0.1) is 6.92 Å². The maximum atomic E-state index is 13.5. The number of hydrogen-bond acceptors (Lipinski definition) is 4. The Morgan fingerprint density at radius 1 is 1.18 bits per heavy atom. The first-order chi connectivity index (χ1) is 16.2. The SMILES string of the molecule is CCCC1=C(CNC(=O)c2cc(CCC(=O)OCC)cc3c2c(C)cn3C(C)C)CNC(C)=C1. The molecule has 1 aromatic heterocycles. The fraction of sp³-hybridized carbons (Fsp3) is 0.500. The van der Waals surface area contributed by atoms with Crippen molar-refractivity contribution in [3.63, 3.8) is 0 Å². The third-order valence-electron chi connectivity index (χ3n) is 6.31. The van der Waals surface area contributed by atoms with Gasteiger partial charge in [-0.05, 0) is 87.9 Å². The third-order valence-corrected chi connectivity index (χ3v) is 6.31. The molecule has 2 aromatic rings. The van der Waals surface area contributed by atoms with Crippen molar-refractivity contribution >= 4 is 22.8 Å². The van der Waals surface area contributed by atoms with Gasteiger partial charge in [-0.1, -0.05) is 13.3 Å². The normalized spacial score (nSPS) is 13.8. The van der Waals surface area contributed by atoms with E-state index in [-0.39, 0.29) is 17.9 Å². The second-order valence-corrected chi connectivity index (χ2v) is 9.40. The molecule has 0 saturated carbocycles. The standard InChI is InChI=1S/C28H39N3O3/c1-7-9-22-12-20(6)29-15-23(22)16-30-28(33)24-13-21(10-11-26(32)34-8-2)14-25-27(24)19(5)17-31(25)18(3)4/h12-14,17-18,29H,7-11,15-16H2,1-6H3,(H,30,33). The van der Waals surface area contributed by atoms with Crippen LogP contribution in [0.5, 0.6) is 0 Å². The summed E-state index contributed by atoms with van der Waals surface area (Å²) in [4.78, 5) is 25.4. The fourth-order valence-corrected chi connectivity index (χ4v) is 4.63. The monoisotopic (exact) mass is 465 g/mol. The summed E-state index contributed by atoms with van der Waals surface area (Å²) in [5.41, 5.74) is 7.45. The van der Waals surface area contributed by atoms with Gasteiger partial charge in [0.25, 0.3) is 5.91 Å². The van der Waals surface area contributed by atoms with Crippen molar-refractivity contribution in [2.24, 2.45) is 0 Å². The minimum atomic E-state index is -0.215. The molecule has 3 rings (SSSR count). The van der Waals surface area contributed by atoms with Crippen LogP contribution in [0.1, 0.15) is 81.4 Å². The van der Waals surface area contributed by atoms with Crippen molar-refractivity contribution in [3.8, 4) is 0 Å². The summed E-state index contributed by atoms with van der Waals surface area (Å²) in [7, 11) is 0. The average molecular weight is 466 g/mol. The molecule has 2 heterocycles. The Morgan fingerprint density at radius 3 is 2.62 bits per heavy atom. The molecule has 1 amide bonds. The van der Waals surface area contributed by atoms with E-state index in [4.69, 9.17) is 4.74 Å². The summed E-state index contributed by atoms with van der Waals surface area (Å²) in [5, 5.41) is 7.54. The maximum absolute atomic E-state index is 13.5. The molecule has 0 spiro atoms. The molecule has 1 aliphatic heterocycles. The minimum Gasteiger partial charge on any atom is -0.466 e. The Bertz CT molecular complexity index is 1120. The lowest BCUT2D eigenvalue weighted by Gasteiger charge is -2.21. The number of fused-ring (bicyclic) bond motifs is 1. The fourth-order valence-electron chi connectivity index (χ4n) is 4.63. The number of allylic oxidation sites excluding steroid dienone is 3. The molecule has 2 N–H and O–H groups in total. The second kappa shape index (κ2) is 11.4. The Hall–Kier alpha value is -3.02. The highest BCUT2D eigenvalue weighted by Gasteiger charge is 2.19. The number of benzene rings is 1.